The second kappa shape index (κ2) is 7.82. The van der Waals surface area contributed by atoms with E-state index in [4.69, 9.17) is 0 Å². The number of rotatable bonds is 4. The summed E-state index contributed by atoms with van der Waals surface area (Å²) in [6.45, 7) is 5.48. The number of benzene rings is 1. The van der Waals surface area contributed by atoms with E-state index in [1.807, 2.05) is 36.2 Å². The van der Waals surface area contributed by atoms with Crippen LogP contribution in [0.2, 0.25) is 0 Å². The molecule has 0 spiro atoms. The van der Waals surface area contributed by atoms with Gasteiger partial charge in [0.1, 0.15) is 6.04 Å². The van der Waals surface area contributed by atoms with E-state index in [2.05, 4.69) is 16.9 Å². The van der Waals surface area contributed by atoms with Crippen LogP contribution < -0.4 is 9.80 Å². The van der Waals surface area contributed by atoms with E-state index in [-0.39, 0.29) is 18.4 Å². The van der Waals surface area contributed by atoms with Gasteiger partial charge in [-0.3, -0.25) is 14.3 Å². The zero-order valence-electron chi connectivity index (χ0n) is 16.4. The molecule has 2 aromatic rings. The molecule has 144 valence electrons. The third kappa shape index (κ3) is 3.97. The van der Waals surface area contributed by atoms with Gasteiger partial charge < -0.3 is 14.7 Å². The summed E-state index contributed by atoms with van der Waals surface area (Å²) in [4.78, 5) is 31.2. The molecule has 3 rings (SSSR count). The van der Waals surface area contributed by atoms with E-state index >= 15 is 0 Å². The Bertz CT molecular complexity index is 804. The summed E-state index contributed by atoms with van der Waals surface area (Å²) in [5, 5.41) is 4.12. The van der Waals surface area contributed by atoms with Crippen LogP contribution in [0.1, 0.15) is 19.9 Å². The molecule has 0 saturated heterocycles. The summed E-state index contributed by atoms with van der Waals surface area (Å²) >= 11 is 0. The van der Waals surface area contributed by atoms with Crippen LogP contribution in [0.3, 0.4) is 0 Å². The molecule has 27 heavy (non-hydrogen) atoms. The molecule has 0 bridgehead atoms. The van der Waals surface area contributed by atoms with Crippen molar-refractivity contribution in [2.75, 3.05) is 43.5 Å². The first-order chi connectivity index (χ1) is 12.9. The number of aromatic nitrogens is 2. The molecule has 0 N–H and O–H groups in total. The lowest BCUT2D eigenvalue weighted by atomic mass is 10.1. The summed E-state index contributed by atoms with van der Waals surface area (Å²) in [5.74, 6) is 0.115. The van der Waals surface area contributed by atoms with Crippen LogP contribution >= 0.6 is 0 Å². The van der Waals surface area contributed by atoms with Crippen molar-refractivity contribution in [3.63, 3.8) is 0 Å². The predicted octanol–water partition coefficient (Wildman–Crippen LogP) is 2.02. The molecule has 2 atom stereocenters. The lowest BCUT2D eigenvalue weighted by molar-refractivity contribution is -0.136. The van der Waals surface area contributed by atoms with Crippen LogP contribution in [-0.2, 0) is 9.59 Å². The standard InChI is InChI=1S/C20H27N5O2/c1-15-12-22(3)17-8-5-6-9-18(17)24(13-15)19(26)14-23(4)20(27)16(2)25-11-7-10-21-25/h5-11,15-16H,12-14H2,1-4H3. The second-order valence-corrected chi connectivity index (χ2v) is 7.34. The predicted molar refractivity (Wildman–Crippen MR) is 106 cm³/mol. The highest BCUT2D eigenvalue weighted by atomic mass is 16.2. The minimum atomic E-state index is -0.445. The van der Waals surface area contributed by atoms with Crippen LogP contribution in [0.4, 0.5) is 11.4 Å². The topological polar surface area (TPSA) is 61.7 Å². The zero-order chi connectivity index (χ0) is 19.6. The quantitative estimate of drug-likeness (QED) is 0.827. The molecule has 2 unspecified atom stereocenters. The number of para-hydroxylation sites is 2. The van der Waals surface area contributed by atoms with Gasteiger partial charge >= 0.3 is 0 Å². The molecule has 1 aliphatic rings. The van der Waals surface area contributed by atoms with Crippen LogP contribution in [0, 0.1) is 5.92 Å². The van der Waals surface area contributed by atoms with Crippen molar-refractivity contribution in [3.8, 4) is 0 Å². The molecule has 2 amide bonds. The minimum absolute atomic E-state index is 0.0369. The van der Waals surface area contributed by atoms with Gasteiger partial charge in [-0.25, -0.2) is 0 Å². The monoisotopic (exact) mass is 369 g/mol. The van der Waals surface area contributed by atoms with Crippen molar-refractivity contribution in [1.82, 2.24) is 14.7 Å². The number of hydrogen-bond acceptors (Lipinski definition) is 4. The molecule has 0 aliphatic carbocycles. The molecular formula is C20H27N5O2. The Morgan fingerprint density at radius 2 is 1.93 bits per heavy atom. The molecule has 1 aromatic heterocycles. The fourth-order valence-corrected chi connectivity index (χ4v) is 3.59. The molecule has 7 nitrogen and oxygen atoms in total. The Hall–Kier alpha value is -2.83. The molecule has 1 aromatic carbocycles. The Morgan fingerprint density at radius 1 is 1.22 bits per heavy atom. The molecule has 0 radical (unpaired) electrons. The fraction of sp³-hybridized carbons (Fsp3) is 0.450. The van der Waals surface area contributed by atoms with Gasteiger partial charge in [0.2, 0.25) is 11.8 Å². The minimum Gasteiger partial charge on any atom is -0.373 e. The molecular weight excluding hydrogens is 342 g/mol. The number of carbonyl (C=O) groups excluding carboxylic acids is 2. The largest absolute Gasteiger partial charge is 0.373 e. The first kappa shape index (κ1) is 18.9. The van der Waals surface area contributed by atoms with Gasteiger partial charge in [-0.1, -0.05) is 19.1 Å². The maximum atomic E-state index is 13.1. The Morgan fingerprint density at radius 3 is 2.59 bits per heavy atom. The average Bonchev–Trinajstić information content (AvgIpc) is 3.15. The smallest absolute Gasteiger partial charge is 0.247 e. The third-order valence-electron chi connectivity index (χ3n) is 4.99. The summed E-state index contributed by atoms with van der Waals surface area (Å²) in [6, 6.07) is 9.26. The number of anilines is 2. The number of nitrogens with zero attached hydrogens (tertiary/aromatic N) is 5. The highest BCUT2D eigenvalue weighted by Gasteiger charge is 2.29. The van der Waals surface area contributed by atoms with E-state index in [1.165, 1.54) is 4.90 Å². The maximum absolute atomic E-state index is 13.1. The van der Waals surface area contributed by atoms with E-state index < -0.39 is 6.04 Å². The van der Waals surface area contributed by atoms with Gasteiger partial charge in [-0.05, 0) is 31.0 Å². The second-order valence-electron chi connectivity index (χ2n) is 7.34. The molecule has 2 heterocycles. The molecule has 0 saturated carbocycles. The molecule has 7 heteroatoms. The van der Waals surface area contributed by atoms with Crippen LogP contribution in [0.15, 0.2) is 42.7 Å². The van der Waals surface area contributed by atoms with Gasteiger partial charge in [0.15, 0.2) is 0 Å². The number of likely N-dealkylation sites (N-methyl/N-ethyl adjacent to an activating group) is 1. The van der Waals surface area contributed by atoms with E-state index in [0.717, 1.165) is 17.9 Å². The number of carbonyl (C=O) groups is 2. The average molecular weight is 369 g/mol. The summed E-state index contributed by atoms with van der Waals surface area (Å²) < 4.78 is 1.60. The lowest BCUT2D eigenvalue weighted by Gasteiger charge is -2.28. The van der Waals surface area contributed by atoms with Gasteiger partial charge in [0, 0.05) is 39.6 Å². The first-order valence-corrected chi connectivity index (χ1v) is 9.23. The van der Waals surface area contributed by atoms with Crippen molar-refractivity contribution in [2.24, 2.45) is 5.92 Å². The van der Waals surface area contributed by atoms with E-state index in [0.29, 0.717) is 12.5 Å². The number of amides is 2. The Labute approximate surface area is 160 Å². The highest BCUT2D eigenvalue weighted by molar-refractivity contribution is 6.00. The molecule has 1 aliphatic heterocycles. The van der Waals surface area contributed by atoms with Crippen molar-refractivity contribution < 1.29 is 9.59 Å². The Kier molecular flexibility index (Phi) is 5.48. The first-order valence-electron chi connectivity index (χ1n) is 9.23. The van der Waals surface area contributed by atoms with Gasteiger partial charge in [-0.2, -0.15) is 5.10 Å². The molecule has 0 fully saturated rings. The SMILES string of the molecule is CC1CN(C)c2ccccc2N(C(=O)CN(C)C(=O)C(C)n2cccn2)C1. The lowest BCUT2D eigenvalue weighted by Crippen LogP contribution is -2.44. The van der Waals surface area contributed by atoms with Crippen molar-refractivity contribution in [1.29, 1.82) is 0 Å². The van der Waals surface area contributed by atoms with Crippen molar-refractivity contribution >= 4 is 23.2 Å². The van der Waals surface area contributed by atoms with Gasteiger partial charge in [-0.15, -0.1) is 0 Å². The normalized spacial score (nSPS) is 17.9. The fourth-order valence-electron chi connectivity index (χ4n) is 3.59. The summed E-state index contributed by atoms with van der Waals surface area (Å²) in [5.41, 5.74) is 1.93. The van der Waals surface area contributed by atoms with Gasteiger partial charge in [0.25, 0.3) is 0 Å². The zero-order valence-corrected chi connectivity index (χ0v) is 16.4. The van der Waals surface area contributed by atoms with E-state index in [1.54, 1.807) is 37.1 Å². The van der Waals surface area contributed by atoms with E-state index in [9.17, 15) is 9.59 Å². The van der Waals surface area contributed by atoms with Crippen LogP contribution in [0.25, 0.3) is 0 Å². The summed E-state index contributed by atoms with van der Waals surface area (Å²) in [6.07, 6.45) is 3.39. The van der Waals surface area contributed by atoms with Crippen LogP contribution in [-0.4, -0.2) is 60.2 Å². The maximum Gasteiger partial charge on any atom is 0.247 e. The number of hydrogen-bond donors (Lipinski definition) is 0. The van der Waals surface area contributed by atoms with Crippen LogP contribution in [0.5, 0.6) is 0 Å². The Balaban J connectivity index is 1.76. The van der Waals surface area contributed by atoms with Gasteiger partial charge in [0.05, 0.1) is 17.9 Å². The summed E-state index contributed by atoms with van der Waals surface area (Å²) in [7, 11) is 3.71. The van der Waals surface area contributed by atoms with Crippen molar-refractivity contribution in [3.05, 3.63) is 42.7 Å². The highest BCUT2D eigenvalue weighted by Crippen LogP contribution is 2.32. The number of fused-ring (bicyclic) bond motifs is 1. The third-order valence-corrected chi connectivity index (χ3v) is 4.99. The van der Waals surface area contributed by atoms with Crippen molar-refractivity contribution in [2.45, 2.75) is 19.9 Å².